The smallest absolute Gasteiger partial charge is 0.374 e. The summed E-state index contributed by atoms with van der Waals surface area (Å²) in [6.45, 7) is 7.83. The number of nitriles is 1. The van der Waals surface area contributed by atoms with Crippen molar-refractivity contribution in [2.45, 2.75) is 27.7 Å². The van der Waals surface area contributed by atoms with Crippen molar-refractivity contribution in [2.75, 3.05) is 0 Å². The van der Waals surface area contributed by atoms with Gasteiger partial charge in [0, 0.05) is 12.6 Å². The largest absolute Gasteiger partial charge is 0.565 e. The maximum atomic E-state index is 9.46. The van der Waals surface area contributed by atoms with Crippen molar-refractivity contribution >= 4 is 19.4 Å². The molecule has 0 saturated heterocycles. The van der Waals surface area contributed by atoms with Crippen molar-refractivity contribution in [1.82, 2.24) is 9.78 Å². The molecule has 0 fully saturated rings. The molecule has 1 heterocycles. The van der Waals surface area contributed by atoms with Gasteiger partial charge >= 0.3 is 8.05 Å². The number of benzene rings is 1. The fraction of sp³-hybridized carbons (Fsp3) is 0.294. The molecule has 5 heteroatoms. The van der Waals surface area contributed by atoms with Gasteiger partial charge in [-0.2, -0.15) is 10.4 Å². The van der Waals surface area contributed by atoms with Gasteiger partial charge < -0.3 is 4.65 Å². The van der Waals surface area contributed by atoms with Gasteiger partial charge in [-0.3, -0.25) is 4.68 Å². The molecule has 0 aliphatic rings. The Morgan fingerprint density at radius 1 is 1.23 bits per heavy atom. The summed E-state index contributed by atoms with van der Waals surface area (Å²) in [5, 5.41) is 13.8. The van der Waals surface area contributed by atoms with Crippen LogP contribution in [-0.4, -0.2) is 17.8 Å². The highest BCUT2D eigenvalue weighted by Gasteiger charge is 2.19. The van der Waals surface area contributed by atoms with Crippen LogP contribution in [-0.2, 0) is 11.7 Å². The van der Waals surface area contributed by atoms with Gasteiger partial charge in [0.25, 0.3) is 0 Å². The quantitative estimate of drug-likeness (QED) is 0.494. The minimum absolute atomic E-state index is 0.333. The van der Waals surface area contributed by atoms with E-state index in [9.17, 15) is 5.26 Å². The van der Waals surface area contributed by atoms with Gasteiger partial charge in [0.1, 0.15) is 23.1 Å². The standard InChI is InChI=1S/C15H14BN3O.C2H6/c1-10-11(2)18-19(3)14(10)15(20-16)13(9-17)12-7-5-4-6-8-12;1-2/h4-8H,1-3H3;1-2H3. The van der Waals surface area contributed by atoms with E-state index in [-0.39, 0.29) is 0 Å². The van der Waals surface area contributed by atoms with Crippen LogP contribution >= 0.6 is 0 Å². The summed E-state index contributed by atoms with van der Waals surface area (Å²) in [5.41, 5.74) is 3.68. The minimum atomic E-state index is 0.333. The molecule has 1 aromatic carbocycles. The molecule has 0 unspecified atom stereocenters. The number of allylic oxidation sites excluding steroid dienone is 1. The van der Waals surface area contributed by atoms with Crippen molar-refractivity contribution in [3.8, 4) is 6.07 Å². The third kappa shape index (κ3) is 3.40. The Morgan fingerprint density at radius 3 is 2.23 bits per heavy atom. The molecular formula is C17H20BN3O. The van der Waals surface area contributed by atoms with E-state index in [1.165, 1.54) is 0 Å². The van der Waals surface area contributed by atoms with Crippen molar-refractivity contribution in [1.29, 1.82) is 5.26 Å². The van der Waals surface area contributed by atoms with E-state index in [0.29, 0.717) is 17.0 Å². The van der Waals surface area contributed by atoms with E-state index in [4.69, 9.17) is 12.7 Å². The first kappa shape index (κ1) is 17.6. The molecule has 0 saturated carbocycles. The molecule has 0 amide bonds. The lowest BCUT2D eigenvalue weighted by atomic mass is 10.0. The number of hydrogen-bond acceptors (Lipinski definition) is 3. The maximum absolute atomic E-state index is 9.46. The first-order chi connectivity index (χ1) is 10.6. The Labute approximate surface area is 133 Å². The second-order valence-electron chi connectivity index (χ2n) is 4.48. The van der Waals surface area contributed by atoms with Crippen LogP contribution in [0.1, 0.15) is 36.4 Å². The minimum Gasteiger partial charge on any atom is -0.565 e. The van der Waals surface area contributed by atoms with Gasteiger partial charge in [0.15, 0.2) is 0 Å². The van der Waals surface area contributed by atoms with Crippen molar-refractivity contribution < 1.29 is 4.65 Å². The summed E-state index contributed by atoms with van der Waals surface area (Å²) in [6, 6.07) is 11.5. The highest BCUT2D eigenvalue weighted by Crippen LogP contribution is 2.29. The molecule has 0 spiro atoms. The number of nitrogens with zero attached hydrogens (tertiary/aromatic N) is 3. The summed E-state index contributed by atoms with van der Waals surface area (Å²) in [4.78, 5) is 0. The monoisotopic (exact) mass is 293 g/mol. The van der Waals surface area contributed by atoms with Crippen LogP contribution in [0.25, 0.3) is 11.3 Å². The first-order valence-electron chi connectivity index (χ1n) is 7.17. The average Bonchev–Trinajstić information content (AvgIpc) is 2.81. The maximum Gasteiger partial charge on any atom is 0.374 e. The van der Waals surface area contributed by atoms with Crippen LogP contribution in [0.2, 0.25) is 0 Å². The van der Waals surface area contributed by atoms with E-state index in [1.54, 1.807) is 11.7 Å². The second-order valence-corrected chi connectivity index (χ2v) is 4.48. The Bertz CT molecular complexity index is 697. The van der Waals surface area contributed by atoms with Crippen molar-refractivity contribution in [2.24, 2.45) is 7.05 Å². The van der Waals surface area contributed by atoms with E-state index < -0.39 is 0 Å². The van der Waals surface area contributed by atoms with Crippen LogP contribution < -0.4 is 0 Å². The summed E-state index contributed by atoms with van der Waals surface area (Å²) < 4.78 is 6.69. The van der Waals surface area contributed by atoms with E-state index in [2.05, 4.69) is 11.2 Å². The predicted molar refractivity (Wildman–Crippen MR) is 89.7 cm³/mol. The van der Waals surface area contributed by atoms with Gasteiger partial charge in [-0.05, 0) is 19.4 Å². The zero-order valence-corrected chi connectivity index (χ0v) is 13.7. The Morgan fingerprint density at radius 2 is 1.82 bits per heavy atom. The Balaban J connectivity index is 0.00000116. The van der Waals surface area contributed by atoms with Gasteiger partial charge in [0.2, 0.25) is 0 Å². The van der Waals surface area contributed by atoms with Crippen LogP contribution in [0, 0.1) is 25.2 Å². The molecule has 0 N–H and O–H groups in total. The fourth-order valence-corrected chi connectivity index (χ4v) is 2.17. The summed E-state index contributed by atoms with van der Waals surface area (Å²) in [6.07, 6.45) is 0. The lowest BCUT2D eigenvalue weighted by molar-refractivity contribution is 0.559. The van der Waals surface area contributed by atoms with Crippen LogP contribution in [0.3, 0.4) is 0 Å². The highest BCUT2D eigenvalue weighted by molar-refractivity contribution is 6.06. The lowest BCUT2D eigenvalue weighted by Crippen LogP contribution is -2.03. The average molecular weight is 293 g/mol. The Hall–Kier alpha value is -2.48. The van der Waals surface area contributed by atoms with Gasteiger partial charge in [-0.25, -0.2) is 0 Å². The summed E-state index contributed by atoms with van der Waals surface area (Å²) >= 11 is 0. The lowest BCUT2D eigenvalue weighted by Gasteiger charge is -2.12. The molecule has 0 atom stereocenters. The van der Waals surface area contributed by atoms with Crippen LogP contribution in [0.4, 0.5) is 0 Å². The van der Waals surface area contributed by atoms with Crippen LogP contribution in [0.5, 0.6) is 0 Å². The normalized spacial score (nSPS) is 10.9. The summed E-state index contributed by atoms with van der Waals surface area (Å²) in [7, 11) is 7.22. The predicted octanol–water partition coefficient (Wildman–Crippen LogP) is 3.56. The van der Waals surface area contributed by atoms with Crippen LogP contribution in [0.15, 0.2) is 30.3 Å². The summed E-state index contributed by atoms with van der Waals surface area (Å²) in [5.74, 6) is 0.333. The van der Waals surface area contributed by atoms with Gasteiger partial charge in [0.05, 0.1) is 5.69 Å². The molecular weight excluding hydrogens is 273 g/mol. The van der Waals surface area contributed by atoms with Crippen molar-refractivity contribution in [3.05, 3.63) is 52.8 Å². The molecule has 2 rings (SSSR count). The topological polar surface area (TPSA) is 50.8 Å². The Kier molecular flexibility index (Phi) is 6.46. The zero-order chi connectivity index (χ0) is 16.7. The molecule has 2 radical (unpaired) electrons. The molecule has 4 nitrogen and oxygen atoms in total. The third-order valence-corrected chi connectivity index (χ3v) is 3.26. The number of hydrogen-bond donors (Lipinski definition) is 0. The number of aryl methyl sites for hydroxylation is 2. The molecule has 0 aliphatic carbocycles. The number of aromatic nitrogens is 2. The zero-order valence-electron chi connectivity index (χ0n) is 13.7. The molecule has 112 valence electrons. The van der Waals surface area contributed by atoms with E-state index in [1.807, 2.05) is 58.0 Å². The van der Waals surface area contributed by atoms with Crippen molar-refractivity contribution in [3.63, 3.8) is 0 Å². The second kappa shape index (κ2) is 8.09. The van der Waals surface area contributed by atoms with E-state index in [0.717, 1.165) is 16.8 Å². The van der Waals surface area contributed by atoms with Gasteiger partial charge in [-0.15, -0.1) is 0 Å². The fourth-order valence-electron chi connectivity index (χ4n) is 2.17. The molecule has 0 aliphatic heterocycles. The number of rotatable bonds is 3. The first-order valence-corrected chi connectivity index (χ1v) is 7.17. The highest BCUT2D eigenvalue weighted by atomic mass is 16.4. The molecule has 0 bridgehead atoms. The molecule has 2 aromatic rings. The third-order valence-electron chi connectivity index (χ3n) is 3.26. The van der Waals surface area contributed by atoms with Gasteiger partial charge in [-0.1, -0.05) is 44.2 Å². The van der Waals surface area contributed by atoms with E-state index >= 15 is 0 Å². The molecule has 22 heavy (non-hydrogen) atoms. The molecule has 1 aromatic heterocycles. The SMILES string of the molecule is CC.[B]OC(=C(C#N)c1ccccc1)c1c(C)c(C)nn1C.